The first-order chi connectivity index (χ1) is 6.99. The first kappa shape index (κ1) is 12.0. The molecule has 1 aliphatic rings. The quantitative estimate of drug-likeness (QED) is 0.397. The molecule has 0 N–H and O–H groups in total. The molecule has 1 rings (SSSR count). The number of ether oxygens (including phenoxy) is 1. The van der Waals surface area contributed by atoms with Gasteiger partial charge in [-0.05, 0) is 13.8 Å². The van der Waals surface area contributed by atoms with Crippen LogP contribution in [0, 0.1) is 17.8 Å². The Kier molecular flexibility index (Phi) is 3.66. The van der Waals surface area contributed by atoms with Gasteiger partial charge in [-0.25, -0.2) is 0 Å². The molecule has 0 unspecified atom stereocenters. The Morgan fingerprint density at radius 1 is 1.33 bits per heavy atom. The smallest absolute Gasteiger partial charge is 0.316 e. The van der Waals surface area contributed by atoms with E-state index in [2.05, 4.69) is 0 Å². The highest BCUT2D eigenvalue weighted by Gasteiger charge is 2.41. The van der Waals surface area contributed by atoms with Crippen LogP contribution in [0.1, 0.15) is 27.7 Å². The maximum atomic E-state index is 11.7. The van der Waals surface area contributed by atoms with Crippen LogP contribution in [0.5, 0.6) is 0 Å². The summed E-state index contributed by atoms with van der Waals surface area (Å²) in [7, 11) is 0. The van der Waals surface area contributed by atoms with Crippen LogP contribution in [0.3, 0.4) is 0 Å². The third kappa shape index (κ3) is 2.28. The van der Waals surface area contributed by atoms with E-state index in [1.807, 2.05) is 32.9 Å². The summed E-state index contributed by atoms with van der Waals surface area (Å²) < 4.78 is 5.28. The molecule has 3 nitrogen and oxygen atoms in total. The van der Waals surface area contributed by atoms with Gasteiger partial charge in [-0.1, -0.05) is 26.0 Å². The Bertz CT molecular complexity index is 293. The number of hydrogen-bond acceptors (Lipinski definition) is 3. The Morgan fingerprint density at radius 3 is 2.47 bits per heavy atom. The van der Waals surface area contributed by atoms with Crippen molar-refractivity contribution >= 4 is 11.8 Å². The molecule has 1 aliphatic heterocycles. The van der Waals surface area contributed by atoms with Crippen LogP contribution in [-0.2, 0) is 14.3 Å². The highest BCUT2D eigenvalue weighted by molar-refractivity contribution is 6.01. The zero-order valence-electron chi connectivity index (χ0n) is 9.69. The van der Waals surface area contributed by atoms with E-state index in [0.29, 0.717) is 0 Å². The largest absolute Gasteiger partial charge is 0.460 e. The van der Waals surface area contributed by atoms with Gasteiger partial charge in [0, 0.05) is 5.92 Å². The lowest BCUT2D eigenvalue weighted by Gasteiger charge is -2.33. The molecular weight excluding hydrogens is 192 g/mol. The molecule has 84 valence electrons. The number of esters is 1. The molecule has 1 saturated heterocycles. The molecule has 0 saturated carbocycles. The van der Waals surface area contributed by atoms with Crippen LogP contribution in [0.2, 0.25) is 0 Å². The fourth-order valence-electron chi connectivity index (χ4n) is 1.99. The molecule has 3 heteroatoms. The second-order valence-corrected chi connectivity index (χ2v) is 4.20. The molecule has 15 heavy (non-hydrogen) atoms. The van der Waals surface area contributed by atoms with Crippen molar-refractivity contribution in [1.29, 1.82) is 0 Å². The van der Waals surface area contributed by atoms with Gasteiger partial charge in [0.15, 0.2) is 5.78 Å². The van der Waals surface area contributed by atoms with Gasteiger partial charge in [0.25, 0.3) is 0 Å². The number of hydrogen-bond donors (Lipinski definition) is 0. The van der Waals surface area contributed by atoms with Crippen molar-refractivity contribution in [3.63, 3.8) is 0 Å². The highest BCUT2D eigenvalue weighted by Crippen LogP contribution is 2.27. The zero-order valence-corrected chi connectivity index (χ0v) is 9.69. The van der Waals surface area contributed by atoms with Gasteiger partial charge in [0.1, 0.15) is 12.0 Å². The number of carbonyl (C=O) groups is 2. The molecule has 0 aromatic heterocycles. The van der Waals surface area contributed by atoms with Crippen LogP contribution in [0.15, 0.2) is 12.2 Å². The van der Waals surface area contributed by atoms with E-state index in [1.54, 1.807) is 6.92 Å². The van der Waals surface area contributed by atoms with E-state index in [1.165, 1.54) is 0 Å². The van der Waals surface area contributed by atoms with E-state index in [-0.39, 0.29) is 29.7 Å². The second-order valence-electron chi connectivity index (χ2n) is 4.20. The molecule has 0 amide bonds. The number of rotatable bonds is 2. The fraction of sp³-hybridized carbons (Fsp3) is 0.667. The van der Waals surface area contributed by atoms with Gasteiger partial charge in [-0.2, -0.15) is 0 Å². The van der Waals surface area contributed by atoms with E-state index in [9.17, 15) is 9.59 Å². The zero-order chi connectivity index (χ0) is 11.6. The predicted molar refractivity (Wildman–Crippen MR) is 57.2 cm³/mol. The number of Topliss-reactive ketones (excluding diaryl/α,β-unsaturated/α-hetero) is 1. The van der Waals surface area contributed by atoms with Crippen LogP contribution in [0.25, 0.3) is 0 Å². The van der Waals surface area contributed by atoms with Crippen LogP contribution >= 0.6 is 0 Å². The molecule has 4 atom stereocenters. The molecule has 1 heterocycles. The molecule has 1 fully saturated rings. The Hall–Kier alpha value is -1.12. The summed E-state index contributed by atoms with van der Waals surface area (Å²) in [5.41, 5.74) is 0. The first-order valence-electron chi connectivity index (χ1n) is 5.36. The third-order valence-corrected chi connectivity index (χ3v) is 2.99. The minimum absolute atomic E-state index is 0.00685. The average Bonchev–Trinajstić information content (AvgIpc) is 2.20. The maximum absolute atomic E-state index is 11.7. The predicted octanol–water partition coefficient (Wildman–Crippen LogP) is 1.97. The molecular formula is C12H18O3. The average molecular weight is 210 g/mol. The molecule has 0 spiro atoms. The van der Waals surface area contributed by atoms with Crippen molar-refractivity contribution in [1.82, 2.24) is 0 Å². The van der Waals surface area contributed by atoms with Gasteiger partial charge in [-0.3, -0.25) is 9.59 Å². The first-order valence-corrected chi connectivity index (χ1v) is 5.36. The summed E-state index contributed by atoms with van der Waals surface area (Å²) in [6.45, 7) is 7.31. The molecule has 0 radical (unpaired) electrons. The number of cyclic esters (lactones) is 1. The standard InChI is InChI=1S/C12H18O3/c1-5-6-7(2)11-8(3)10(13)9(4)12(14)15-11/h5-9,11H,1-4H3/b6-5+/t7-,8-,9+,11-/m0/s1. The summed E-state index contributed by atoms with van der Waals surface area (Å²) in [4.78, 5) is 23.1. The van der Waals surface area contributed by atoms with Gasteiger partial charge in [0.2, 0.25) is 0 Å². The van der Waals surface area contributed by atoms with E-state index < -0.39 is 5.92 Å². The SMILES string of the molecule is C/C=C/[C@H](C)[C@@H]1OC(=O)[C@H](C)C(=O)[C@@H]1C. The lowest BCUT2D eigenvalue weighted by molar-refractivity contribution is -0.171. The van der Waals surface area contributed by atoms with Crippen LogP contribution in [0.4, 0.5) is 0 Å². The Balaban J connectivity index is 2.83. The maximum Gasteiger partial charge on any atom is 0.316 e. The molecule has 0 bridgehead atoms. The lowest BCUT2D eigenvalue weighted by atomic mass is 9.83. The number of ketones is 1. The minimum atomic E-state index is -0.603. The van der Waals surface area contributed by atoms with Gasteiger partial charge >= 0.3 is 5.97 Å². The van der Waals surface area contributed by atoms with Gasteiger partial charge < -0.3 is 4.74 Å². The Labute approximate surface area is 90.5 Å². The lowest BCUT2D eigenvalue weighted by Crippen LogP contribution is -2.46. The van der Waals surface area contributed by atoms with E-state index in [0.717, 1.165) is 0 Å². The van der Waals surface area contributed by atoms with E-state index in [4.69, 9.17) is 4.74 Å². The summed E-state index contributed by atoms with van der Waals surface area (Å²) in [5, 5.41) is 0. The van der Waals surface area contributed by atoms with Crippen LogP contribution < -0.4 is 0 Å². The normalized spacial score (nSPS) is 34.3. The van der Waals surface area contributed by atoms with Gasteiger partial charge in [-0.15, -0.1) is 0 Å². The summed E-state index contributed by atoms with van der Waals surface area (Å²) >= 11 is 0. The number of carbonyl (C=O) groups excluding carboxylic acids is 2. The monoisotopic (exact) mass is 210 g/mol. The second kappa shape index (κ2) is 4.60. The van der Waals surface area contributed by atoms with Crippen molar-refractivity contribution < 1.29 is 14.3 Å². The van der Waals surface area contributed by atoms with Crippen molar-refractivity contribution in [3.8, 4) is 0 Å². The van der Waals surface area contributed by atoms with Crippen molar-refractivity contribution in [2.24, 2.45) is 17.8 Å². The third-order valence-electron chi connectivity index (χ3n) is 2.99. The van der Waals surface area contributed by atoms with Crippen LogP contribution in [-0.4, -0.2) is 17.9 Å². The number of allylic oxidation sites excluding steroid dienone is 1. The Morgan fingerprint density at radius 2 is 1.93 bits per heavy atom. The summed E-state index contributed by atoms with van der Waals surface area (Å²) in [6, 6.07) is 0. The van der Waals surface area contributed by atoms with E-state index >= 15 is 0 Å². The van der Waals surface area contributed by atoms with Crippen molar-refractivity contribution in [2.75, 3.05) is 0 Å². The topological polar surface area (TPSA) is 43.4 Å². The summed E-state index contributed by atoms with van der Waals surface area (Å²) in [5.74, 6) is -1.12. The molecule has 0 aromatic rings. The fourth-order valence-corrected chi connectivity index (χ4v) is 1.99. The minimum Gasteiger partial charge on any atom is -0.460 e. The summed E-state index contributed by atoms with van der Waals surface area (Å²) in [6.07, 6.45) is 3.56. The highest BCUT2D eigenvalue weighted by atomic mass is 16.5. The molecule has 0 aliphatic carbocycles. The van der Waals surface area contributed by atoms with Gasteiger partial charge in [0.05, 0.1) is 5.92 Å². The van der Waals surface area contributed by atoms with Crippen molar-refractivity contribution in [2.45, 2.75) is 33.8 Å². The van der Waals surface area contributed by atoms with Crippen molar-refractivity contribution in [3.05, 3.63) is 12.2 Å². The molecule has 0 aromatic carbocycles.